The predicted octanol–water partition coefficient (Wildman–Crippen LogP) is 1.25. The first-order valence-electron chi connectivity index (χ1n) is 4.08. The van der Waals surface area contributed by atoms with E-state index in [-0.39, 0.29) is 6.42 Å². The molecule has 0 spiro atoms. The highest BCUT2D eigenvalue weighted by Crippen LogP contribution is 2.61. The van der Waals surface area contributed by atoms with Crippen LogP contribution in [0.1, 0.15) is 6.42 Å². The minimum absolute atomic E-state index is 0.276. The Labute approximate surface area is 103 Å². The summed E-state index contributed by atoms with van der Waals surface area (Å²) in [6.07, 6.45) is -0.276. The average molecular weight is 288 g/mol. The van der Waals surface area contributed by atoms with Crippen molar-refractivity contribution in [2.75, 3.05) is 21.3 Å². The number of hydrogen-bond donors (Lipinski definition) is 1. The average Bonchev–Trinajstić information content (AvgIpc) is 2.27. The first-order valence-corrected chi connectivity index (χ1v) is 8.20. The molecule has 1 N–H and O–H groups in total. The Kier molecular flexibility index (Phi) is 7.17. The van der Waals surface area contributed by atoms with Crippen LogP contribution in [0.25, 0.3) is 0 Å². The zero-order chi connectivity index (χ0) is 12.8. The van der Waals surface area contributed by atoms with E-state index in [4.69, 9.17) is 26.0 Å². The molecule has 6 nitrogen and oxygen atoms in total. The van der Waals surface area contributed by atoms with Crippen LogP contribution in [-0.2, 0) is 35.2 Å². The standard InChI is InChI=1S/C7H13O6PS2/c1-11-6(8)4-5(7(9)10)16-14(15,12-2)13-3/h5H,4H2,1-3H3,(H,9,10)/t5-/m1/s1. The van der Waals surface area contributed by atoms with Crippen molar-refractivity contribution in [1.82, 2.24) is 0 Å². The summed E-state index contributed by atoms with van der Waals surface area (Å²) < 4.78 is 14.3. The van der Waals surface area contributed by atoms with Gasteiger partial charge < -0.3 is 18.9 Å². The van der Waals surface area contributed by atoms with Crippen LogP contribution in [0.15, 0.2) is 0 Å². The molecular weight excluding hydrogens is 275 g/mol. The van der Waals surface area contributed by atoms with Crippen LogP contribution in [0.5, 0.6) is 0 Å². The Bertz CT molecular complexity index is 299. The van der Waals surface area contributed by atoms with Crippen LogP contribution >= 0.6 is 17.1 Å². The van der Waals surface area contributed by atoms with Crippen molar-refractivity contribution >= 4 is 40.8 Å². The van der Waals surface area contributed by atoms with Crippen LogP contribution in [-0.4, -0.2) is 43.6 Å². The van der Waals surface area contributed by atoms with Gasteiger partial charge in [0.25, 0.3) is 0 Å². The molecule has 0 bridgehead atoms. The summed E-state index contributed by atoms with van der Waals surface area (Å²) in [6, 6.07) is 0. The molecule has 0 amide bonds. The molecule has 0 saturated heterocycles. The fraction of sp³-hybridized carbons (Fsp3) is 0.714. The second-order valence-corrected chi connectivity index (χ2v) is 9.14. The Balaban J connectivity index is 4.63. The number of carbonyl (C=O) groups is 2. The van der Waals surface area contributed by atoms with E-state index in [1.165, 1.54) is 21.3 Å². The minimum Gasteiger partial charge on any atom is -0.480 e. The van der Waals surface area contributed by atoms with E-state index < -0.39 is 22.9 Å². The minimum atomic E-state index is -2.70. The molecule has 0 aliphatic carbocycles. The van der Waals surface area contributed by atoms with Crippen molar-refractivity contribution in [2.24, 2.45) is 0 Å². The third kappa shape index (κ3) is 5.27. The molecule has 0 radical (unpaired) electrons. The number of hydrogen-bond acceptors (Lipinski definition) is 7. The van der Waals surface area contributed by atoms with Gasteiger partial charge in [0.2, 0.25) is 5.69 Å². The van der Waals surface area contributed by atoms with Gasteiger partial charge in [-0.1, -0.05) is 11.4 Å². The van der Waals surface area contributed by atoms with E-state index in [0.717, 1.165) is 11.4 Å². The molecule has 0 heterocycles. The molecule has 0 rings (SSSR count). The molecule has 0 aromatic rings. The van der Waals surface area contributed by atoms with Gasteiger partial charge in [-0.2, -0.15) is 0 Å². The number of carboxylic acid groups (broad SMARTS) is 1. The summed E-state index contributed by atoms with van der Waals surface area (Å²) in [6.45, 7) is 0. The molecule has 0 aliphatic heterocycles. The highest BCUT2D eigenvalue weighted by Gasteiger charge is 2.30. The van der Waals surface area contributed by atoms with E-state index in [2.05, 4.69) is 4.74 Å². The Morgan fingerprint density at radius 2 is 1.88 bits per heavy atom. The summed E-state index contributed by atoms with van der Waals surface area (Å²) in [5.41, 5.74) is -2.70. The van der Waals surface area contributed by atoms with Crippen molar-refractivity contribution in [3.8, 4) is 0 Å². The fourth-order valence-corrected chi connectivity index (χ4v) is 4.54. The zero-order valence-corrected chi connectivity index (χ0v) is 11.6. The Morgan fingerprint density at radius 1 is 1.38 bits per heavy atom. The molecule has 0 fully saturated rings. The first kappa shape index (κ1) is 15.9. The number of ether oxygens (including phenoxy) is 1. The van der Waals surface area contributed by atoms with Gasteiger partial charge in [-0.15, -0.1) is 0 Å². The van der Waals surface area contributed by atoms with Gasteiger partial charge in [0.1, 0.15) is 5.25 Å². The summed E-state index contributed by atoms with van der Waals surface area (Å²) in [5, 5.41) is 7.87. The normalized spacial score (nSPS) is 13.2. The molecule has 0 unspecified atom stereocenters. The number of aliphatic carboxylic acids is 1. The maximum atomic E-state index is 11.0. The van der Waals surface area contributed by atoms with Crippen molar-refractivity contribution in [3.63, 3.8) is 0 Å². The highest BCUT2D eigenvalue weighted by molar-refractivity contribution is 8.68. The van der Waals surface area contributed by atoms with Crippen molar-refractivity contribution in [1.29, 1.82) is 0 Å². The van der Waals surface area contributed by atoms with Gasteiger partial charge in [-0.3, -0.25) is 9.59 Å². The SMILES string of the molecule is COC(=O)C[C@@H](SP(=S)(OC)OC)C(=O)O. The molecule has 0 aromatic heterocycles. The highest BCUT2D eigenvalue weighted by atomic mass is 32.9. The second-order valence-electron chi connectivity index (χ2n) is 2.52. The maximum absolute atomic E-state index is 11.0. The third-order valence-corrected chi connectivity index (χ3v) is 7.44. The quantitative estimate of drug-likeness (QED) is 0.553. The molecule has 94 valence electrons. The fourth-order valence-electron chi connectivity index (χ4n) is 0.721. The van der Waals surface area contributed by atoms with E-state index in [9.17, 15) is 9.59 Å². The van der Waals surface area contributed by atoms with Crippen molar-refractivity contribution in [2.45, 2.75) is 11.7 Å². The molecule has 1 atom stereocenters. The van der Waals surface area contributed by atoms with Crippen LogP contribution in [0, 0.1) is 0 Å². The zero-order valence-electron chi connectivity index (χ0n) is 9.04. The largest absolute Gasteiger partial charge is 0.480 e. The summed E-state index contributed by atoms with van der Waals surface area (Å²) in [4.78, 5) is 21.9. The van der Waals surface area contributed by atoms with Crippen LogP contribution in [0.2, 0.25) is 0 Å². The van der Waals surface area contributed by atoms with Crippen LogP contribution in [0.4, 0.5) is 0 Å². The van der Waals surface area contributed by atoms with Crippen molar-refractivity contribution < 1.29 is 28.5 Å². The van der Waals surface area contributed by atoms with Gasteiger partial charge in [-0.25, -0.2) is 0 Å². The number of carboxylic acids is 1. The van der Waals surface area contributed by atoms with E-state index >= 15 is 0 Å². The number of carbonyl (C=O) groups excluding carboxylic acids is 1. The van der Waals surface area contributed by atoms with Gasteiger partial charge >= 0.3 is 11.9 Å². The van der Waals surface area contributed by atoms with Gasteiger partial charge in [0, 0.05) is 14.2 Å². The molecule has 0 saturated carbocycles. The number of esters is 1. The monoisotopic (exact) mass is 288 g/mol. The number of methoxy groups -OCH3 is 1. The third-order valence-electron chi connectivity index (χ3n) is 1.56. The Hall–Kier alpha value is -0.140. The molecule has 16 heavy (non-hydrogen) atoms. The lowest BCUT2D eigenvalue weighted by Gasteiger charge is -2.20. The van der Waals surface area contributed by atoms with Gasteiger partial charge in [0.15, 0.2) is 0 Å². The van der Waals surface area contributed by atoms with E-state index in [1.54, 1.807) is 0 Å². The topological polar surface area (TPSA) is 82.1 Å². The second kappa shape index (κ2) is 7.24. The van der Waals surface area contributed by atoms with Crippen molar-refractivity contribution in [3.05, 3.63) is 0 Å². The van der Waals surface area contributed by atoms with Crippen LogP contribution in [0.3, 0.4) is 0 Å². The molecule has 0 aromatic carbocycles. The summed E-state index contributed by atoms with van der Waals surface area (Å²) in [5.74, 6) is -1.77. The molecule has 0 aliphatic rings. The lowest BCUT2D eigenvalue weighted by molar-refractivity contribution is -0.145. The Morgan fingerprint density at radius 3 is 2.19 bits per heavy atom. The van der Waals surface area contributed by atoms with Crippen LogP contribution < -0.4 is 0 Å². The number of rotatable bonds is 7. The van der Waals surface area contributed by atoms with Gasteiger partial charge in [-0.05, 0) is 11.8 Å². The maximum Gasteiger partial charge on any atom is 0.317 e. The lowest BCUT2D eigenvalue weighted by atomic mass is 10.3. The van der Waals surface area contributed by atoms with Gasteiger partial charge in [0.05, 0.1) is 13.5 Å². The first-order chi connectivity index (χ1) is 7.38. The molecular formula is C7H13O6PS2. The summed E-state index contributed by atoms with van der Waals surface area (Å²) in [7, 11) is 3.87. The van der Waals surface area contributed by atoms with E-state index in [1.807, 2.05) is 0 Å². The lowest BCUT2D eigenvalue weighted by Crippen LogP contribution is -2.21. The van der Waals surface area contributed by atoms with E-state index in [0.29, 0.717) is 0 Å². The smallest absolute Gasteiger partial charge is 0.317 e. The predicted molar refractivity (Wildman–Crippen MR) is 64.0 cm³/mol. The molecule has 9 heteroatoms. The summed E-state index contributed by atoms with van der Waals surface area (Å²) >= 11 is 5.83.